The van der Waals surface area contributed by atoms with E-state index in [1.807, 2.05) is 13.0 Å². The number of hydrogen-bond donors (Lipinski definition) is 1. The number of benzene rings is 1. The highest BCUT2D eigenvalue weighted by molar-refractivity contribution is 5.66. The molecule has 0 fully saturated rings. The molecule has 2 heterocycles. The Morgan fingerprint density at radius 1 is 1.25 bits per heavy atom. The monoisotopic (exact) mass is 272 g/mol. The summed E-state index contributed by atoms with van der Waals surface area (Å²) < 4.78 is 18.5. The highest BCUT2D eigenvalue weighted by atomic mass is 19.1. The maximum absolute atomic E-state index is 13.2. The van der Waals surface area contributed by atoms with Crippen molar-refractivity contribution < 1.29 is 9.13 Å². The Morgan fingerprint density at radius 2 is 2.10 bits per heavy atom. The first-order valence-corrected chi connectivity index (χ1v) is 6.17. The summed E-state index contributed by atoms with van der Waals surface area (Å²) in [7, 11) is 1.53. The maximum atomic E-state index is 13.2. The van der Waals surface area contributed by atoms with Gasteiger partial charge in [-0.2, -0.15) is 4.98 Å². The number of nitrogens with one attached hydrogen (secondary N) is 1. The van der Waals surface area contributed by atoms with Gasteiger partial charge >= 0.3 is 0 Å². The summed E-state index contributed by atoms with van der Waals surface area (Å²) in [5.74, 6) is 0.881. The van der Waals surface area contributed by atoms with Gasteiger partial charge in [-0.05, 0) is 24.6 Å². The number of aromatic amines is 1. The van der Waals surface area contributed by atoms with E-state index in [9.17, 15) is 4.39 Å². The van der Waals surface area contributed by atoms with Gasteiger partial charge in [0.25, 0.3) is 0 Å². The number of imidazole rings is 1. The minimum atomic E-state index is -0.270. The fraction of sp³-hybridized carbons (Fsp3) is 0.214. The van der Waals surface area contributed by atoms with Crippen molar-refractivity contribution in [3.63, 3.8) is 0 Å². The summed E-state index contributed by atoms with van der Waals surface area (Å²) in [6, 6.07) is 6.40. The Balaban J connectivity index is 2.05. The van der Waals surface area contributed by atoms with E-state index in [2.05, 4.69) is 19.9 Å². The van der Waals surface area contributed by atoms with Crippen LogP contribution in [0.3, 0.4) is 0 Å². The lowest BCUT2D eigenvalue weighted by Crippen LogP contribution is -2.01. The molecule has 102 valence electrons. The van der Waals surface area contributed by atoms with Gasteiger partial charge in [0.1, 0.15) is 17.3 Å². The Morgan fingerprint density at radius 3 is 2.85 bits per heavy atom. The summed E-state index contributed by atoms with van der Waals surface area (Å²) in [6.45, 7) is 1.84. The fourth-order valence-corrected chi connectivity index (χ4v) is 2.09. The average molecular weight is 272 g/mol. The largest absolute Gasteiger partial charge is 0.480 e. The normalized spacial score (nSPS) is 10.9. The first-order valence-electron chi connectivity index (χ1n) is 6.17. The molecule has 0 bridgehead atoms. The predicted molar refractivity (Wildman–Crippen MR) is 72.2 cm³/mol. The fourth-order valence-electron chi connectivity index (χ4n) is 2.09. The number of halogens is 1. The third kappa shape index (κ3) is 2.32. The van der Waals surface area contributed by atoms with Crippen molar-refractivity contribution in [2.45, 2.75) is 13.3 Å². The van der Waals surface area contributed by atoms with Crippen molar-refractivity contribution in [2.75, 3.05) is 7.11 Å². The number of H-pyrrole nitrogens is 1. The lowest BCUT2D eigenvalue weighted by atomic mass is 10.1. The number of aryl methyl sites for hydroxylation is 1. The Hall–Kier alpha value is -2.50. The molecule has 1 aromatic carbocycles. The first-order chi connectivity index (χ1) is 9.65. The van der Waals surface area contributed by atoms with Crippen LogP contribution in [0.5, 0.6) is 5.88 Å². The summed E-state index contributed by atoms with van der Waals surface area (Å²) in [6.07, 6.45) is 0.446. The van der Waals surface area contributed by atoms with Crippen LogP contribution in [0.2, 0.25) is 0 Å². The van der Waals surface area contributed by atoms with E-state index in [0.29, 0.717) is 29.3 Å². The van der Waals surface area contributed by atoms with Crippen molar-refractivity contribution in [2.24, 2.45) is 0 Å². The molecule has 0 atom stereocenters. The average Bonchev–Trinajstić information content (AvgIpc) is 2.77. The lowest BCUT2D eigenvalue weighted by Gasteiger charge is -2.06. The zero-order valence-electron chi connectivity index (χ0n) is 11.1. The molecule has 0 unspecified atom stereocenters. The van der Waals surface area contributed by atoms with Crippen LogP contribution in [-0.4, -0.2) is 27.0 Å². The molecule has 3 aromatic rings. The molecule has 0 aliphatic heterocycles. The van der Waals surface area contributed by atoms with E-state index >= 15 is 0 Å². The molecule has 3 rings (SSSR count). The summed E-state index contributed by atoms with van der Waals surface area (Å²) in [5.41, 5.74) is 2.58. The van der Waals surface area contributed by atoms with Gasteiger partial charge in [0.2, 0.25) is 11.5 Å². The third-order valence-electron chi connectivity index (χ3n) is 2.94. The highest BCUT2D eigenvalue weighted by Crippen LogP contribution is 2.20. The van der Waals surface area contributed by atoms with Gasteiger partial charge in [-0.15, -0.1) is 0 Å². The summed E-state index contributed by atoms with van der Waals surface area (Å²) >= 11 is 0. The number of fused-ring (bicyclic) bond motifs is 1. The van der Waals surface area contributed by atoms with E-state index in [1.54, 1.807) is 6.07 Å². The van der Waals surface area contributed by atoms with Gasteiger partial charge in [-0.3, -0.25) is 0 Å². The van der Waals surface area contributed by atoms with Crippen molar-refractivity contribution in [1.29, 1.82) is 0 Å². The van der Waals surface area contributed by atoms with Crippen LogP contribution in [0, 0.1) is 12.7 Å². The zero-order valence-corrected chi connectivity index (χ0v) is 11.1. The number of ether oxygens (including phenoxy) is 1. The third-order valence-corrected chi connectivity index (χ3v) is 2.94. The molecule has 20 heavy (non-hydrogen) atoms. The molecular weight excluding hydrogens is 259 g/mol. The molecule has 0 aliphatic carbocycles. The van der Waals surface area contributed by atoms with Gasteiger partial charge in [0.15, 0.2) is 5.65 Å². The topological polar surface area (TPSA) is 63.7 Å². The van der Waals surface area contributed by atoms with Crippen LogP contribution in [-0.2, 0) is 6.42 Å². The van der Waals surface area contributed by atoms with Crippen LogP contribution in [0.4, 0.5) is 4.39 Å². The second-order valence-corrected chi connectivity index (χ2v) is 4.48. The smallest absolute Gasteiger partial charge is 0.237 e. The minimum Gasteiger partial charge on any atom is -0.480 e. The number of nitrogens with zero attached hydrogens (tertiary/aromatic N) is 3. The molecule has 0 radical (unpaired) electrons. The molecule has 2 aromatic heterocycles. The van der Waals surface area contributed by atoms with Gasteiger partial charge < -0.3 is 9.72 Å². The number of rotatable bonds is 3. The molecule has 0 saturated carbocycles. The standard InChI is InChI=1S/C14H13FN4O/c1-8-16-12-13(17-8)19-14(20-2)11(18-12)7-9-4-3-5-10(15)6-9/h3-6H,7H2,1-2H3,(H,16,17,18,19). The van der Waals surface area contributed by atoms with Gasteiger partial charge in [0.05, 0.1) is 7.11 Å². The number of methoxy groups -OCH3 is 1. The van der Waals surface area contributed by atoms with Crippen molar-refractivity contribution in [3.8, 4) is 5.88 Å². The highest BCUT2D eigenvalue weighted by Gasteiger charge is 2.12. The molecular formula is C14H13FN4O. The van der Waals surface area contributed by atoms with E-state index in [-0.39, 0.29) is 5.82 Å². The lowest BCUT2D eigenvalue weighted by molar-refractivity contribution is 0.392. The Bertz CT molecular complexity index is 769. The van der Waals surface area contributed by atoms with Gasteiger partial charge in [0, 0.05) is 6.42 Å². The molecule has 0 saturated heterocycles. The van der Waals surface area contributed by atoms with Crippen LogP contribution in [0.15, 0.2) is 24.3 Å². The van der Waals surface area contributed by atoms with Gasteiger partial charge in [-0.1, -0.05) is 12.1 Å². The van der Waals surface area contributed by atoms with Crippen LogP contribution >= 0.6 is 0 Å². The Kier molecular flexibility index (Phi) is 3.06. The second-order valence-electron chi connectivity index (χ2n) is 4.48. The zero-order chi connectivity index (χ0) is 14.1. The molecule has 0 amide bonds. The van der Waals surface area contributed by atoms with Gasteiger partial charge in [-0.25, -0.2) is 14.4 Å². The van der Waals surface area contributed by atoms with Crippen molar-refractivity contribution in [1.82, 2.24) is 19.9 Å². The number of hydrogen-bond acceptors (Lipinski definition) is 4. The van der Waals surface area contributed by atoms with Crippen molar-refractivity contribution >= 4 is 11.3 Å². The second kappa shape index (κ2) is 4.88. The van der Waals surface area contributed by atoms with E-state index < -0.39 is 0 Å². The van der Waals surface area contributed by atoms with Crippen molar-refractivity contribution in [3.05, 3.63) is 47.2 Å². The summed E-state index contributed by atoms with van der Waals surface area (Å²) in [4.78, 5) is 16.0. The van der Waals surface area contributed by atoms with Crippen LogP contribution in [0.1, 0.15) is 17.1 Å². The predicted octanol–water partition coefficient (Wildman–Crippen LogP) is 2.40. The summed E-state index contributed by atoms with van der Waals surface area (Å²) in [5, 5.41) is 0. The van der Waals surface area contributed by atoms with E-state index in [4.69, 9.17) is 4.74 Å². The SMILES string of the molecule is COc1nc2nc(C)[nH]c2nc1Cc1cccc(F)c1. The molecule has 1 N–H and O–H groups in total. The maximum Gasteiger partial charge on any atom is 0.237 e. The van der Waals surface area contributed by atoms with E-state index in [0.717, 1.165) is 11.4 Å². The Labute approximate surface area is 114 Å². The quantitative estimate of drug-likeness (QED) is 0.795. The molecule has 6 heteroatoms. The van der Waals surface area contributed by atoms with E-state index in [1.165, 1.54) is 19.2 Å². The minimum absolute atomic E-state index is 0.270. The number of aromatic nitrogens is 4. The molecule has 5 nitrogen and oxygen atoms in total. The van der Waals surface area contributed by atoms with Crippen LogP contribution in [0.25, 0.3) is 11.3 Å². The van der Waals surface area contributed by atoms with Crippen LogP contribution < -0.4 is 4.74 Å². The first kappa shape index (κ1) is 12.5. The molecule has 0 spiro atoms. The molecule has 0 aliphatic rings.